The quantitative estimate of drug-likeness (QED) is 0.748. The average molecular weight is 431 g/mol. The lowest BCUT2D eigenvalue weighted by atomic mass is 9.95. The van der Waals surface area contributed by atoms with E-state index in [9.17, 15) is 13.2 Å². The van der Waals surface area contributed by atoms with Gasteiger partial charge in [0.1, 0.15) is 0 Å². The number of fused-ring (bicyclic) bond motifs is 1. The molecule has 0 bridgehead atoms. The topological polar surface area (TPSA) is 66.9 Å². The van der Waals surface area contributed by atoms with Crippen LogP contribution in [0.25, 0.3) is 10.8 Å². The maximum Gasteiger partial charge on any atom is 0.243 e. The van der Waals surface area contributed by atoms with Gasteiger partial charge in [-0.1, -0.05) is 44.2 Å². The van der Waals surface area contributed by atoms with Crippen LogP contribution in [0.4, 0.5) is 0 Å². The predicted octanol–water partition coefficient (Wildman–Crippen LogP) is 3.12. The van der Waals surface area contributed by atoms with E-state index in [1.165, 1.54) is 4.31 Å². The van der Waals surface area contributed by atoms with E-state index in [-0.39, 0.29) is 17.9 Å². The highest BCUT2D eigenvalue weighted by Gasteiger charge is 2.35. The second-order valence-electron chi connectivity index (χ2n) is 8.62. The number of hydrogen-bond donors (Lipinski definition) is 0. The Bertz CT molecular complexity index is 1010. The summed E-state index contributed by atoms with van der Waals surface area (Å²) in [5.74, 6) is 0.403. The summed E-state index contributed by atoms with van der Waals surface area (Å²) in [5.41, 5.74) is 0. The molecule has 2 saturated heterocycles. The van der Waals surface area contributed by atoms with Crippen molar-refractivity contribution in [2.45, 2.75) is 37.7 Å². The van der Waals surface area contributed by atoms with Crippen molar-refractivity contribution in [3.63, 3.8) is 0 Å². The van der Waals surface area contributed by atoms with Crippen LogP contribution in [0.2, 0.25) is 0 Å². The Balaban J connectivity index is 1.41. The van der Waals surface area contributed by atoms with Crippen molar-refractivity contribution in [2.75, 3.05) is 32.8 Å². The lowest BCUT2D eigenvalue weighted by Crippen LogP contribution is -2.51. The number of hydrogen-bond acceptors (Lipinski definition) is 4. The first-order valence-electron chi connectivity index (χ1n) is 10.8. The Morgan fingerprint density at radius 2 is 1.73 bits per heavy atom. The Morgan fingerprint density at radius 1 is 1.03 bits per heavy atom. The van der Waals surface area contributed by atoms with Crippen molar-refractivity contribution in [3.05, 3.63) is 42.5 Å². The van der Waals surface area contributed by atoms with E-state index in [4.69, 9.17) is 4.74 Å². The molecule has 4 rings (SSSR count). The molecule has 0 saturated carbocycles. The number of nitrogens with zero attached hydrogens (tertiary/aromatic N) is 2. The number of carbonyl (C=O) groups is 1. The van der Waals surface area contributed by atoms with Crippen LogP contribution in [-0.2, 0) is 19.6 Å². The van der Waals surface area contributed by atoms with Gasteiger partial charge in [-0.15, -0.1) is 0 Å². The monoisotopic (exact) mass is 430 g/mol. The molecule has 7 heteroatoms. The van der Waals surface area contributed by atoms with Crippen LogP contribution < -0.4 is 0 Å². The van der Waals surface area contributed by atoms with E-state index in [1.807, 2.05) is 35.2 Å². The largest absolute Gasteiger partial charge is 0.374 e. The molecule has 30 heavy (non-hydrogen) atoms. The van der Waals surface area contributed by atoms with E-state index in [0.29, 0.717) is 56.4 Å². The summed E-state index contributed by atoms with van der Waals surface area (Å²) < 4.78 is 33.6. The summed E-state index contributed by atoms with van der Waals surface area (Å²) in [6.07, 6.45) is 1.21. The number of piperidine rings is 1. The van der Waals surface area contributed by atoms with Gasteiger partial charge in [0.25, 0.3) is 0 Å². The van der Waals surface area contributed by atoms with Gasteiger partial charge in [-0.05, 0) is 41.7 Å². The number of amides is 1. The molecule has 6 nitrogen and oxygen atoms in total. The molecule has 1 amide bonds. The third kappa shape index (κ3) is 4.24. The third-order valence-electron chi connectivity index (χ3n) is 6.31. The first kappa shape index (κ1) is 21.3. The van der Waals surface area contributed by atoms with E-state index in [0.717, 1.165) is 10.8 Å². The number of benzene rings is 2. The van der Waals surface area contributed by atoms with Gasteiger partial charge in [0.2, 0.25) is 15.9 Å². The predicted molar refractivity (Wildman–Crippen MR) is 117 cm³/mol. The molecule has 2 aliphatic heterocycles. The molecule has 0 unspecified atom stereocenters. The van der Waals surface area contributed by atoms with Crippen LogP contribution in [0.3, 0.4) is 0 Å². The summed E-state index contributed by atoms with van der Waals surface area (Å²) in [7, 11) is -3.56. The fourth-order valence-electron chi connectivity index (χ4n) is 4.36. The summed E-state index contributed by atoms with van der Waals surface area (Å²) in [6, 6.07) is 13.0. The highest BCUT2D eigenvalue weighted by atomic mass is 32.2. The van der Waals surface area contributed by atoms with Crippen LogP contribution in [-0.4, -0.2) is 62.4 Å². The summed E-state index contributed by atoms with van der Waals surface area (Å²) in [6.45, 7) is 6.80. The summed E-state index contributed by atoms with van der Waals surface area (Å²) in [5, 5.41) is 1.93. The van der Waals surface area contributed by atoms with E-state index < -0.39 is 10.0 Å². The minimum atomic E-state index is -3.56. The molecule has 1 atom stereocenters. The zero-order chi connectivity index (χ0) is 21.3. The van der Waals surface area contributed by atoms with Crippen LogP contribution in [0, 0.1) is 11.8 Å². The molecule has 0 aliphatic carbocycles. The molecule has 0 aromatic heterocycles. The summed E-state index contributed by atoms with van der Waals surface area (Å²) in [4.78, 5) is 15.2. The van der Waals surface area contributed by atoms with Crippen molar-refractivity contribution < 1.29 is 17.9 Å². The average Bonchev–Trinajstić information content (AvgIpc) is 2.78. The van der Waals surface area contributed by atoms with Gasteiger partial charge in [0.05, 0.1) is 17.6 Å². The second kappa shape index (κ2) is 8.65. The SMILES string of the molecule is CC(C)[C@H]1CN(C(=O)C2CCN(S(=O)(=O)c3ccc4ccccc4c3)CC2)CCO1. The zero-order valence-corrected chi connectivity index (χ0v) is 18.5. The number of carbonyl (C=O) groups excluding carboxylic acids is 1. The lowest BCUT2D eigenvalue weighted by Gasteiger charge is -2.38. The van der Waals surface area contributed by atoms with E-state index in [1.54, 1.807) is 12.1 Å². The zero-order valence-electron chi connectivity index (χ0n) is 17.7. The van der Waals surface area contributed by atoms with Crippen molar-refractivity contribution in [3.8, 4) is 0 Å². The first-order chi connectivity index (χ1) is 14.4. The van der Waals surface area contributed by atoms with Gasteiger partial charge in [-0.3, -0.25) is 4.79 Å². The fourth-order valence-corrected chi connectivity index (χ4v) is 5.86. The molecule has 2 fully saturated rings. The van der Waals surface area contributed by atoms with Crippen molar-refractivity contribution in [1.29, 1.82) is 0 Å². The smallest absolute Gasteiger partial charge is 0.243 e. The Morgan fingerprint density at radius 3 is 2.43 bits per heavy atom. The van der Waals surface area contributed by atoms with Crippen molar-refractivity contribution >= 4 is 26.7 Å². The van der Waals surface area contributed by atoms with Crippen LogP contribution in [0.5, 0.6) is 0 Å². The molecule has 0 radical (unpaired) electrons. The molecular weight excluding hydrogens is 400 g/mol. The lowest BCUT2D eigenvalue weighted by molar-refractivity contribution is -0.145. The molecule has 162 valence electrons. The second-order valence-corrected chi connectivity index (χ2v) is 10.6. The molecular formula is C23H30N2O4S. The number of rotatable bonds is 4. The minimum absolute atomic E-state index is 0.0797. The summed E-state index contributed by atoms with van der Waals surface area (Å²) >= 11 is 0. The van der Waals surface area contributed by atoms with E-state index >= 15 is 0 Å². The highest BCUT2D eigenvalue weighted by molar-refractivity contribution is 7.89. The Labute approximate surface area is 178 Å². The standard InChI is InChI=1S/C23H30N2O4S/c1-17(2)22-16-24(13-14-29-22)23(26)19-9-11-25(12-10-19)30(27,28)21-8-7-18-5-3-4-6-20(18)15-21/h3-8,15,17,19,22H,9-14,16H2,1-2H3/t22-/m1/s1. The minimum Gasteiger partial charge on any atom is -0.374 e. The highest BCUT2D eigenvalue weighted by Crippen LogP contribution is 2.28. The molecule has 2 aromatic rings. The van der Waals surface area contributed by atoms with Gasteiger partial charge < -0.3 is 9.64 Å². The van der Waals surface area contributed by atoms with Crippen LogP contribution in [0.15, 0.2) is 47.4 Å². The molecule has 2 aromatic carbocycles. The van der Waals surface area contributed by atoms with Crippen molar-refractivity contribution in [2.24, 2.45) is 11.8 Å². The van der Waals surface area contributed by atoms with E-state index in [2.05, 4.69) is 13.8 Å². The van der Waals surface area contributed by atoms with Gasteiger partial charge in [0.15, 0.2) is 0 Å². The maximum atomic E-state index is 13.1. The van der Waals surface area contributed by atoms with Gasteiger partial charge >= 0.3 is 0 Å². The first-order valence-corrected chi connectivity index (χ1v) is 12.2. The Kier molecular flexibility index (Phi) is 6.14. The molecule has 0 N–H and O–H groups in total. The molecule has 0 spiro atoms. The van der Waals surface area contributed by atoms with Gasteiger partial charge in [0, 0.05) is 32.1 Å². The van der Waals surface area contributed by atoms with Crippen LogP contribution in [0.1, 0.15) is 26.7 Å². The fraction of sp³-hybridized carbons (Fsp3) is 0.522. The molecule has 2 aliphatic rings. The Hall–Kier alpha value is -1.96. The number of morpholine rings is 1. The number of sulfonamides is 1. The van der Waals surface area contributed by atoms with Gasteiger partial charge in [-0.25, -0.2) is 8.42 Å². The van der Waals surface area contributed by atoms with Gasteiger partial charge in [-0.2, -0.15) is 4.31 Å². The number of ether oxygens (including phenoxy) is 1. The normalized spacial score (nSPS) is 22.0. The third-order valence-corrected chi connectivity index (χ3v) is 8.21. The maximum absolute atomic E-state index is 13.1. The van der Waals surface area contributed by atoms with Crippen molar-refractivity contribution in [1.82, 2.24) is 9.21 Å². The van der Waals surface area contributed by atoms with Crippen LogP contribution >= 0.6 is 0 Å². The molecule has 2 heterocycles.